The minimum absolute atomic E-state index is 0.481. The third-order valence-corrected chi connectivity index (χ3v) is 7.18. The molecule has 0 saturated carbocycles. The fraction of sp³-hybridized carbons (Fsp3) is 0.0833. The zero-order valence-corrected chi connectivity index (χ0v) is 21.5. The molecule has 1 aliphatic heterocycles. The number of hydrazone groups is 1. The first-order valence-corrected chi connectivity index (χ1v) is 13.1. The van der Waals surface area contributed by atoms with Gasteiger partial charge in [-0.3, -0.25) is 4.99 Å². The molecule has 1 heterocycles. The highest BCUT2D eigenvalue weighted by molar-refractivity contribution is 14.2. The number of hydrogen-bond acceptors (Lipinski definition) is 6. The smallest absolute Gasteiger partial charge is 0.225 e. The summed E-state index contributed by atoms with van der Waals surface area (Å²) in [5.41, 5.74) is 5.94. The van der Waals surface area contributed by atoms with Gasteiger partial charge in [-0.15, -0.1) is 0 Å². The minimum atomic E-state index is -0.529. The van der Waals surface area contributed by atoms with Crippen LogP contribution in [0.3, 0.4) is 0 Å². The standard InChI is InChI=1S/C24H22BrIN6O/c1-27-22-26-23(29-20-10-6-3-7-11-20)31-24(30-22)32-28-15-18-14-19(25)12-13-21(18)33-16-17-8-4-2-5-9-17/h2-15H,16H2,1H3,(H3,27,29,30,31,32)/b28-15+. The molecule has 0 atom stereocenters. The largest absolute Gasteiger partial charge is 0.488 e. The van der Waals surface area contributed by atoms with E-state index in [1.165, 1.54) is 0 Å². The van der Waals surface area contributed by atoms with E-state index in [2.05, 4.69) is 47.1 Å². The van der Waals surface area contributed by atoms with Crippen molar-refractivity contribution in [1.82, 2.24) is 10.7 Å². The number of benzene rings is 3. The second-order valence-electron chi connectivity index (χ2n) is 6.80. The number of amidine groups is 1. The number of para-hydroxylation sites is 1. The fourth-order valence-electron chi connectivity index (χ4n) is 2.85. The molecule has 3 aromatic carbocycles. The zero-order chi connectivity index (χ0) is 22.9. The lowest BCUT2D eigenvalue weighted by Crippen LogP contribution is -2.43. The Morgan fingerprint density at radius 1 is 1.06 bits per heavy atom. The van der Waals surface area contributed by atoms with Crippen molar-refractivity contribution in [3.05, 3.63) is 94.5 Å². The van der Waals surface area contributed by atoms with Crippen LogP contribution in [0, 0.1) is 0 Å². The van der Waals surface area contributed by atoms with E-state index < -0.39 is 20.7 Å². The summed E-state index contributed by atoms with van der Waals surface area (Å²) in [6.07, 6.45) is 1.71. The predicted molar refractivity (Wildman–Crippen MR) is 149 cm³/mol. The summed E-state index contributed by atoms with van der Waals surface area (Å²) in [5, 5.41) is 11.1. The van der Waals surface area contributed by atoms with Crippen molar-refractivity contribution in [3.8, 4) is 5.75 Å². The van der Waals surface area contributed by atoms with Crippen LogP contribution >= 0.6 is 36.7 Å². The molecule has 7 nitrogen and oxygen atoms in total. The molecule has 168 valence electrons. The van der Waals surface area contributed by atoms with Gasteiger partial charge >= 0.3 is 0 Å². The molecule has 0 aliphatic carbocycles. The van der Waals surface area contributed by atoms with E-state index in [9.17, 15) is 0 Å². The molecule has 0 saturated heterocycles. The lowest BCUT2D eigenvalue weighted by atomic mass is 10.2. The highest BCUT2D eigenvalue weighted by Crippen LogP contribution is 2.23. The molecule has 0 unspecified atom stereocenters. The summed E-state index contributed by atoms with van der Waals surface area (Å²) in [6.45, 7) is 0.481. The Hall–Kier alpha value is -3.05. The van der Waals surface area contributed by atoms with Crippen molar-refractivity contribution in [1.29, 1.82) is 0 Å². The average molecular weight is 617 g/mol. The van der Waals surface area contributed by atoms with Gasteiger partial charge in [0.15, 0.2) is 3.84 Å². The molecule has 3 aromatic rings. The van der Waals surface area contributed by atoms with Crippen LogP contribution in [0.2, 0.25) is 0 Å². The molecule has 33 heavy (non-hydrogen) atoms. The van der Waals surface area contributed by atoms with E-state index in [-0.39, 0.29) is 0 Å². The Labute approximate surface area is 211 Å². The van der Waals surface area contributed by atoms with Crippen LogP contribution in [-0.2, 0) is 6.61 Å². The number of nitrogens with one attached hydrogen (secondary N) is 3. The lowest BCUT2D eigenvalue weighted by Gasteiger charge is -2.17. The van der Waals surface area contributed by atoms with Gasteiger partial charge in [0.1, 0.15) is 16.1 Å². The zero-order valence-electron chi connectivity index (χ0n) is 17.8. The highest BCUT2D eigenvalue weighted by atomic mass is 127. The Morgan fingerprint density at radius 3 is 2.58 bits per heavy atom. The quantitative estimate of drug-likeness (QED) is 0.150. The summed E-state index contributed by atoms with van der Waals surface area (Å²) < 4.78 is 8.74. The van der Waals surface area contributed by atoms with Crippen LogP contribution in [-0.4, -0.2) is 26.8 Å². The second kappa shape index (κ2) is 11.7. The maximum atomic E-state index is 6.02. The highest BCUT2D eigenvalue weighted by Gasteiger charge is 2.12. The Balaban J connectivity index is 1.43. The topological polar surface area (TPSA) is 82.4 Å². The van der Waals surface area contributed by atoms with Crippen LogP contribution in [0.4, 0.5) is 5.69 Å². The fourth-order valence-corrected chi connectivity index (χ4v) is 5.15. The van der Waals surface area contributed by atoms with Gasteiger partial charge in [0.25, 0.3) is 0 Å². The monoisotopic (exact) mass is 616 g/mol. The third-order valence-electron chi connectivity index (χ3n) is 4.41. The van der Waals surface area contributed by atoms with E-state index in [1.54, 1.807) is 13.3 Å². The molecule has 0 radical (unpaired) electrons. The van der Waals surface area contributed by atoms with Gasteiger partial charge in [0, 0.05) is 43.5 Å². The van der Waals surface area contributed by atoms with Gasteiger partial charge in [-0.2, -0.15) is 10.1 Å². The summed E-state index contributed by atoms with van der Waals surface area (Å²) in [7, 11) is 1.75. The summed E-state index contributed by atoms with van der Waals surface area (Å²) >= 11 is 2.99. The molecule has 4 rings (SSSR count). The van der Waals surface area contributed by atoms with E-state index >= 15 is 0 Å². The van der Waals surface area contributed by atoms with Crippen LogP contribution in [0.25, 0.3) is 0 Å². The normalized spacial score (nSPS) is 14.7. The maximum absolute atomic E-state index is 6.02. The molecule has 1 aliphatic rings. The number of ether oxygens (including phenoxy) is 1. The van der Waals surface area contributed by atoms with Crippen LogP contribution in [0.1, 0.15) is 11.1 Å². The molecule has 0 bridgehead atoms. The van der Waals surface area contributed by atoms with Crippen LogP contribution in [0.15, 0.2) is 98.4 Å². The third kappa shape index (κ3) is 6.96. The Morgan fingerprint density at radius 2 is 1.82 bits per heavy atom. The molecular weight excluding hydrogens is 595 g/mol. The number of guanidine groups is 1. The van der Waals surface area contributed by atoms with Gasteiger partial charge in [-0.05, 0) is 35.9 Å². The van der Waals surface area contributed by atoms with Gasteiger partial charge in [0.2, 0.25) is 5.96 Å². The van der Waals surface area contributed by atoms with Gasteiger partial charge in [-0.25, -0.2) is 5.43 Å². The van der Waals surface area contributed by atoms with Crippen molar-refractivity contribution >= 4 is 62.1 Å². The first-order valence-electron chi connectivity index (χ1n) is 10.1. The second-order valence-corrected chi connectivity index (χ2v) is 10.3. The van der Waals surface area contributed by atoms with Crippen molar-refractivity contribution < 1.29 is 4.74 Å². The minimum Gasteiger partial charge on any atom is -0.488 e. The van der Waals surface area contributed by atoms with E-state index in [1.807, 2.05) is 78.9 Å². The van der Waals surface area contributed by atoms with E-state index in [4.69, 9.17) is 4.74 Å². The van der Waals surface area contributed by atoms with Gasteiger partial charge in [-0.1, -0.05) is 64.5 Å². The molecule has 0 amide bonds. The van der Waals surface area contributed by atoms with Crippen molar-refractivity contribution in [3.63, 3.8) is 0 Å². The van der Waals surface area contributed by atoms with Crippen LogP contribution < -0.4 is 20.8 Å². The number of nitrogens with zero attached hydrogens (tertiary/aromatic N) is 3. The number of halogens is 2. The molecular formula is C24H22BrIN6O. The molecule has 0 aromatic heterocycles. The summed E-state index contributed by atoms with van der Waals surface area (Å²) in [4.78, 5) is 8.81. The van der Waals surface area contributed by atoms with E-state index in [0.717, 1.165) is 34.6 Å². The van der Waals surface area contributed by atoms with E-state index in [0.29, 0.717) is 12.6 Å². The SMILES string of the molecule is CN=C1N=C(N/N=C/c2cc(Br)ccc2OCc2ccccc2)NC(Nc2ccccc2)=I1. The van der Waals surface area contributed by atoms with Gasteiger partial charge < -0.3 is 15.4 Å². The average Bonchev–Trinajstić information content (AvgIpc) is 2.84. The molecule has 0 spiro atoms. The maximum Gasteiger partial charge on any atom is 0.225 e. The first kappa shape index (κ1) is 23.1. The summed E-state index contributed by atoms with van der Waals surface area (Å²) in [5.74, 6) is 1.25. The van der Waals surface area contributed by atoms with Crippen molar-refractivity contribution in [2.75, 3.05) is 12.4 Å². The van der Waals surface area contributed by atoms with Crippen molar-refractivity contribution in [2.24, 2.45) is 15.1 Å². The summed E-state index contributed by atoms with van der Waals surface area (Å²) in [6, 6.07) is 25.9. The van der Waals surface area contributed by atoms with Crippen molar-refractivity contribution in [2.45, 2.75) is 6.61 Å². The first-order chi connectivity index (χ1) is 16.2. The van der Waals surface area contributed by atoms with Crippen LogP contribution in [0.5, 0.6) is 5.75 Å². The number of aliphatic imine (C=N–C) groups is 2. The number of anilines is 1. The Bertz CT molecular complexity index is 1210. The molecule has 3 N–H and O–H groups in total. The predicted octanol–water partition coefficient (Wildman–Crippen LogP) is 5.07. The Kier molecular flexibility index (Phi) is 8.20. The molecule has 0 fully saturated rings. The lowest BCUT2D eigenvalue weighted by molar-refractivity contribution is 0.306. The number of hydrogen-bond donors (Lipinski definition) is 3. The molecule has 9 heteroatoms. The van der Waals surface area contributed by atoms with Gasteiger partial charge in [0.05, 0.1) is 6.21 Å². The number of rotatable bonds is 7.